The van der Waals surface area contributed by atoms with Crippen LogP contribution in [0.25, 0.3) is 11.1 Å². The highest BCUT2D eigenvalue weighted by Gasteiger charge is 2.34. The van der Waals surface area contributed by atoms with Gasteiger partial charge in [-0.25, -0.2) is 20.0 Å². The molecular formula is C28H33N3O9. The zero-order valence-electron chi connectivity index (χ0n) is 23.0. The number of carbonyl (C=O) groups excluding carboxylic acids is 5. The number of alkyl carbamates (subject to hydrolysis) is 1. The molecule has 0 aliphatic heterocycles. The molecule has 12 heteroatoms. The Labute approximate surface area is 231 Å². The molecule has 0 heterocycles. The largest absolute Gasteiger partial charge is 0.469 e. The summed E-state index contributed by atoms with van der Waals surface area (Å²) in [6, 6.07) is 14.0. The van der Waals surface area contributed by atoms with Gasteiger partial charge in [0.25, 0.3) is 5.91 Å². The molecule has 0 bridgehead atoms. The Morgan fingerprint density at radius 2 is 1.40 bits per heavy atom. The summed E-state index contributed by atoms with van der Waals surface area (Å²) in [5, 5.41) is 2.94. The maximum Gasteiger partial charge on any atom is 0.426 e. The van der Waals surface area contributed by atoms with E-state index in [2.05, 4.69) is 20.2 Å². The van der Waals surface area contributed by atoms with Gasteiger partial charge in [-0.1, -0.05) is 48.5 Å². The highest BCUT2D eigenvalue weighted by Crippen LogP contribution is 2.44. The Bertz CT molecular complexity index is 1230. The first-order valence-corrected chi connectivity index (χ1v) is 12.5. The van der Waals surface area contributed by atoms with Crippen molar-refractivity contribution in [3.63, 3.8) is 0 Å². The van der Waals surface area contributed by atoms with E-state index in [0.29, 0.717) is 5.01 Å². The monoisotopic (exact) mass is 555 g/mol. The molecule has 40 heavy (non-hydrogen) atoms. The molecule has 214 valence electrons. The van der Waals surface area contributed by atoms with E-state index in [1.807, 2.05) is 48.5 Å². The summed E-state index contributed by atoms with van der Waals surface area (Å²) >= 11 is 0. The van der Waals surface area contributed by atoms with Crippen LogP contribution in [0.4, 0.5) is 9.59 Å². The van der Waals surface area contributed by atoms with Crippen molar-refractivity contribution in [3.05, 3.63) is 59.7 Å². The predicted molar refractivity (Wildman–Crippen MR) is 142 cm³/mol. The molecule has 1 atom stereocenters. The molecular weight excluding hydrogens is 522 g/mol. The lowest BCUT2D eigenvalue weighted by molar-refractivity contribution is -0.151. The summed E-state index contributed by atoms with van der Waals surface area (Å²) < 4.78 is 19.9. The van der Waals surface area contributed by atoms with Crippen molar-refractivity contribution in [2.24, 2.45) is 0 Å². The Morgan fingerprint density at radius 3 is 1.93 bits per heavy atom. The maximum absolute atomic E-state index is 13.3. The van der Waals surface area contributed by atoms with Crippen LogP contribution in [0.1, 0.15) is 44.2 Å². The first kappa shape index (κ1) is 29.9. The van der Waals surface area contributed by atoms with Gasteiger partial charge in [-0.15, -0.1) is 0 Å². The van der Waals surface area contributed by atoms with Gasteiger partial charge in [-0.3, -0.25) is 14.4 Å². The molecule has 0 saturated heterocycles. The molecule has 3 amide bonds. The standard InChI is InChI=1S/C28H33N3O9/c1-28(2,3)40-27(36)30-31(15-24(33)38-5)25(34)22(14-23(32)37-4)29-26(35)39-16-21-19-12-8-6-10-17(19)18-11-7-9-13-20(18)21/h6-13,21-22H,14-16H2,1-5H3,(H,29,35)(H,30,36)/t22-/m1/s1. The van der Waals surface area contributed by atoms with Crippen LogP contribution in [0, 0.1) is 0 Å². The van der Waals surface area contributed by atoms with Gasteiger partial charge >= 0.3 is 24.1 Å². The van der Waals surface area contributed by atoms with E-state index in [0.717, 1.165) is 36.5 Å². The zero-order chi connectivity index (χ0) is 29.4. The first-order chi connectivity index (χ1) is 18.9. The number of hydrogen-bond donors (Lipinski definition) is 2. The number of hydrogen-bond acceptors (Lipinski definition) is 9. The lowest BCUT2D eigenvalue weighted by atomic mass is 9.98. The second-order valence-corrected chi connectivity index (χ2v) is 9.92. The summed E-state index contributed by atoms with van der Waals surface area (Å²) in [4.78, 5) is 62.6. The van der Waals surface area contributed by atoms with Gasteiger partial charge in [0.1, 0.15) is 24.8 Å². The van der Waals surface area contributed by atoms with Crippen molar-refractivity contribution in [2.45, 2.75) is 44.8 Å². The fourth-order valence-electron chi connectivity index (χ4n) is 4.20. The minimum atomic E-state index is -1.55. The minimum Gasteiger partial charge on any atom is -0.469 e. The van der Waals surface area contributed by atoms with Crippen molar-refractivity contribution in [3.8, 4) is 11.1 Å². The second-order valence-electron chi connectivity index (χ2n) is 9.92. The number of nitrogens with one attached hydrogen (secondary N) is 2. The van der Waals surface area contributed by atoms with Crippen molar-refractivity contribution in [1.82, 2.24) is 15.8 Å². The maximum atomic E-state index is 13.3. The number of fused-ring (bicyclic) bond motifs is 3. The first-order valence-electron chi connectivity index (χ1n) is 12.5. The number of esters is 2. The van der Waals surface area contributed by atoms with Crippen LogP contribution in [0.5, 0.6) is 0 Å². The smallest absolute Gasteiger partial charge is 0.426 e. The van der Waals surface area contributed by atoms with Gasteiger partial charge in [0.05, 0.1) is 20.6 Å². The summed E-state index contributed by atoms with van der Waals surface area (Å²) in [6.07, 6.45) is -2.63. The van der Waals surface area contributed by atoms with Crippen LogP contribution < -0.4 is 10.7 Å². The number of amides is 3. The third-order valence-electron chi connectivity index (χ3n) is 5.94. The molecule has 0 spiro atoms. The topological polar surface area (TPSA) is 150 Å². The number of hydrazine groups is 1. The number of benzene rings is 2. The molecule has 0 unspecified atom stereocenters. The fourth-order valence-corrected chi connectivity index (χ4v) is 4.20. The van der Waals surface area contributed by atoms with Crippen molar-refractivity contribution < 1.29 is 42.9 Å². The summed E-state index contributed by atoms with van der Waals surface area (Å²) in [7, 11) is 2.21. The normalized spacial score (nSPS) is 12.7. The molecule has 1 aliphatic rings. The molecule has 2 aromatic carbocycles. The average Bonchev–Trinajstić information content (AvgIpc) is 3.23. The quantitative estimate of drug-likeness (QED) is 0.285. The number of methoxy groups -OCH3 is 2. The molecule has 2 aromatic rings. The van der Waals surface area contributed by atoms with Crippen LogP contribution in [0.3, 0.4) is 0 Å². The van der Waals surface area contributed by atoms with E-state index in [9.17, 15) is 24.0 Å². The van der Waals surface area contributed by atoms with E-state index >= 15 is 0 Å². The molecule has 1 aliphatic carbocycles. The van der Waals surface area contributed by atoms with Crippen LogP contribution in [0.2, 0.25) is 0 Å². The molecule has 0 fully saturated rings. The predicted octanol–water partition coefficient (Wildman–Crippen LogP) is 2.90. The molecule has 2 N–H and O–H groups in total. The minimum absolute atomic E-state index is 0.0406. The molecule has 0 radical (unpaired) electrons. The van der Waals surface area contributed by atoms with Crippen molar-refractivity contribution in [2.75, 3.05) is 27.4 Å². The lowest BCUT2D eigenvalue weighted by Gasteiger charge is -2.28. The van der Waals surface area contributed by atoms with Crippen LogP contribution in [-0.2, 0) is 33.3 Å². The Balaban J connectivity index is 1.75. The fraction of sp³-hybridized carbons (Fsp3) is 0.393. The van der Waals surface area contributed by atoms with Crippen LogP contribution >= 0.6 is 0 Å². The number of ether oxygens (including phenoxy) is 4. The van der Waals surface area contributed by atoms with Gasteiger partial charge in [0, 0.05) is 5.92 Å². The van der Waals surface area contributed by atoms with Gasteiger partial charge in [-0.2, -0.15) is 0 Å². The molecule has 12 nitrogen and oxygen atoms in total. The number of rotatable bonds is 8. The third kappa shape index (κ3) is 7.71. The lowest BCUT2D eigenvalue weighted by Crippen LogP contribution is -2.57. The van der Waals surface area contributed by atoms with Gasteiger partial charge in [0.2, 0.25) is 0 Å². The van der Waals surface area contributed by atoms with Crippen LogP contribution in [-0.4, -0.2) is 74.1 Å². The van der Waals surface area contributed by atoms with Gasteiger partial charge in [-0.05, 0) is 43.0 Å². The summed E-state index contributed by atoms with van der Waals surface area (Å²) in [5.41, 5.74) is 5.31. The zero-order valence-corrected chi connectivity index (χ0v) is 23.0. The van der Waals surface area contributed by atoms with E-state index in [1.54, 1.807) is 20.8 Å². The Morgan fingerprint density at radius 1 is 0.850 bits per heavy atom. The molecule has 0 aromatic heterocycles. The Kier molecular flexibility index (Phi) is 9.70. The SMILES string of the molecule is COC(=O)C[C@@H](NC(=O)OCC1c2ccccc2-c2ccccc21)C(=O)N(CC(=O)OC)NC(=O)OC(C)(C)C. The summed E-state index contributed by atoms with van der Waals surface area (Å²) in [6.45, 7) is 4.06. The second kappa shape index (κ2) is 13.0. The molecule has 0 saturated carbocycles. The molecule has 3 rings (SSSR count). The third-order valence-corrected chi connectivity index (χ3v) is 5.94. The number of carbonyl (C=O) groups is 5. The average molecular weight is 556 g/mol. The van der Waals surface area contributed by atoms with E-state index in [1.165, 1.54) is 0 Å². The van der Waals surface area contributed by atoms with Gasteiger partial charge in [0.15, 0.2) is 0 Å². The van der Waals surface area contributed by atoms with E-state index in [-0.39, 0.29) is 12.5 Å². The van der Waals surface area contributed by atoms with E-state index < -0.39 is 54.6 Å². The summed E-state index contributed by atoms with van der Waals surface area (Å²) in [5.74, 6) is -2.94. The highest BCUT2D eigenvalue weighted by molar-refractivity contribution is 5.92. The van der Waals surface area contributed by atoms with Gasteiger partial charge < -0.3 is 24.3 Å². The van der Waals surface area contributed by atoms with Crippen molar-refractivity contribution in [1.29, 1.82) is 0 Å². The van der Waals surface area contributed by atoms with Crippen molar-refractivity contribution >= 4 is 30.0 Å². The Hall–Kier alpha value is -4.61. The van der Waals surface area contributed by atoms with Crippen LogP contribution in [0.15, 0.2) is 48.5 Å². The highest BCUT2D eigenvalue weighted by atomic mass is 16.6. The van der Waals surface area contributed by atoms with E-state index in [4.69, 9.17) is 9.47 Å². The number of nitrogens with zero attached hydrogens (tertiary/aromatic N) is 1.